The number of carbonyl (C=O) groups excluding carboxylic acids is 2. The summed E-state index contributed by atoms with van der Waals surface area (Å²) in [6.45, 7) is 5.81. The average Bonchev–Trinajstić information content (AvgIpc) is 3.19. The quantitative estimate of drug-likeness (QED) is 0.773. The van der Waals surface area contributed by atoms with Gasteiger partial charge in [0.05, 0.1) is 13.2 Å². The van der Waals surface area contributed by atoms with E-state index in [4.69, 9.17) is 4.74 Å². The van der Waals surface area contributed by atoms with Crippen LogP contribution in [0.25, 0.3) is 0 Å². The third-order valence-corrected chi connectivity index (χ3v) is 5.69. The number of ether oxygens (including phenoxy) is 1. The number of morpholine rings is 1. The number of rotatable bonds is 6. The van der Waals surface area contributed by atoms with Gasteiger partial charge in [-0.1, -0.05) is 30.3 Å². The molecule has 2 heterocycles. The van der Waals surface area contributed by atoms with Crippen LogP contribution in [0.4, 0.5) is 5.69 Å². The standard InChI is InChI=1S/C23H27N3O3/c27-22-9-4-10-26(22)21-8-3-7-18(15-21)23(28)24-16-19-5-1-2-6-20(19)17-25-11-13-29-14-12-25/h1-3,5-8,15H,4,9-14,16-17H2,(H,24,28)/p+1. The fourth-order valence-corrected chi connectivity index (χ4v) is 4.02. The highest BCUT2D eigenvalue weighted by molar-refractivity contribution is 5.99. The number of quaternary nitrogens is 1. The van der Waals surface area contributed by atoms with Gasteiger partial charge in [0.2, 0.25) is 5.91 Å². The van der Waals surface area contributed by atoms with Gasteiger partial charge in [0, 0.05) is 36.3 Å². The van der Waals surface area contributed by atoms with E-state index in [1.54, 1.807) is 11.0 Å². The molecule has 2 N–H and O–H groups in total. The normalized spacial score (nSPS) is 17.5. The minimum Gasteiger partial charge on any atom is -0.370 e. The van der Waals surface area contributed by atoms with Crippen LogP contribution < -0.4 is 15.1 Å². The van der Waals surface area contributed by atoms with E-state index >= 15 is 0 Å². The summed E-state index contributed by atoms with van der Waals surface area (Å²) in [6, 6.07) is 15.6. The van der Waals surface area contributed by atoms with E-state index in [0.29, 0.717) is 18.5 Å². The van der Waals surface area contributed by atoms with Crippen LogP contribution in [-0.4, -0.2) is 44.7 Å². The van der Waals surface area contributed by atoms with Gasteiger partial charge in [0.1, 0.15) is 19.6 Å². The number of hydrogen-bond acceptors (Lipinski definition) is 3. The molecule has 0 unspecified atom stereocenters. The molecule has 0 spiro atoms. The molecule has 2 saturated heterocycles. The van der Waals surface area contributed by atoms with Gasteiger partial charge in [-0.05, 0) is 30.2 Å². The largest absolute Gasteiger partial charge is 0.370 e. The van der Waals surface area contributed by atoms with Gasteiger partial charge in [0.15, 0.2) is 0 Å². The van der Waals surface area contributed by atoms with Crippen molar-refractivity contribution in [3.63, 3.8) is 0 Å². The number of nitrogens with zero attached hydrogens (tertiary/aromatic N) is 1. The monoisotopic (exact) mass is 394 g/mol. The van der Waals surface area contributed by atoms with Gasteiger partial charge in [-0.15, -0.1) is 0 Å². The zero-order valence-electron chi connectivity index (χ0n) is 16.7. The maximum absolute atomic E-state index is 12.7. The van der Waals surface area contributed by atoms with Gasteiger partial charge >= 0.3 is 0 Å². The molecule has 2 aliphatic heterocycles. The number of carbonyl (C=O) groups is 2. The van der Waals surface area contributed by atoms with E-state index in [1.165, 1.54) is 10.5 Å². The van der Waals surface area contributed by atoms with Crippen molar-refractivity contribution in [1.82, 2.24) is 5.32 Å². The Morgan fingerprint density at radius 2 is 1.86 bits per heavy atom. The van der Waals surface area contributed by atoms with E-state index in [2.05, 4.69) is 23.5 Å². The molecule has 152 valence electrons. The summed E-state index contributed by atoms with van der Waals surface area (Å²) in [5, 5.41) is 3.05. The average molecular weight is 394 g/mol. The Morgan fingerprint density at radius 3 is 2.62 bits per heavy atom. The Kier molecular flexibility index (Phi) is 6.22. The topological polar surface area (TPSA) is 63.1 Å². The third kappa shape index (κ3) is 4.83. The van der Waals surface area contributed by atoms with E-state index in [9.17, 15) is 9.59 Å². The lowest BCUT2D eigenvalue weighted by Gasteiger charge is -2.24. The minimum absolute atomic E-state index is 0.119. The summed E-state index contributed by atoms with van der Waals surface area (Å²) in [6.07, 6.45) is 1.45. The summed E-state index contributed by atoms with van der Waals surface area (Å²) >= 11 is 0. The summed E-state index contributed by atoms with van der Waals surface area (Å²) in [7, 11) is 0. The van der Waals surface area contributed by atoms with Gasteiger partial charge in [-0.2, -0.15) is 0 Å². The van der Waals surface area contributed by atoms with Crippen molar-refractivity contribution >= 4 is 17.5 Å². The number of nitrogens with one attached hydrogen (secondary N) is 2. The first-order valence-electron chi connectivity index (χ1n) is 10.4. The van der Waals surface area contributed by atoms with Crippen LogP contribution in [0.1, 0.15) is 34.3 Å². The first-order valence-corrected chi connectivity index (χ1v) is 10.4. The minimum atomic E-state index is -0.119. The lowest BCUT2D eigenvalue weighted by Crippen LogP contribution is -3.12. The highest BCUT2D eigenvalue weighted by Crippen LogP contribution is 2.22. The maximum Gasteiger partial charge on any atom is 0.251 e. The van der Waals surface area contributed by atoms with E-state index < -0.39 is 0 Å². The second kappa shape index (κ2) is 9.20. The van der Waals surface area contributed by atoms with Crippen molar-refractivity contribution in [1.29, 1.82) is 0 Å². The van der Waals surface area contributed by atoms with Crippen molar-refractivity contribution in [2.45, 2.75) is 25.9 Å². The van der Waals surface area contributed by atoms with Crippen LogP contribution in [0, 0.1) is 0 Å². The lowest BCUT2D eigenvalue weighted by atomic mass is 10.1. The molecule has 0 radical (unpaired) electrons. The van der Waals surface area contributed by atoms with Crippen LogP contribution in [0.15, 0.2) is 48.5 Å². The van der Waals surface area contributed by atoms with E-state index in [0.717, 1.165) is 57.1 Å². The third-order valence-electron chi connectivity index (χ3n) is 5.69. The molecule has 0 aliphatic carbocycles. The molecule has 4 rings (SSSR count). The van der Waals surface area contributed by atoms with E-state index in [-0.39, 0.29) is 11.8 Å². The Bertz CT molecular complexity index is 877. The molecule has 2 aromatic carbocycles. The predicted molar refractivity (Wildman–Crippen MR) is 111 cm³/mol. The van der Waals surface area contributed by atoms with Crippen LogP contribution in [-0.2, 0) is 22.6 Å². The van der Waals surface area contributed by atoms with Gasteiger partial charge < -0.3 is 19.9 Å². The van der Waals surface area contributed by atoms with Crippen LogP contribution in [0.3, 0.4) is 0 Å². The molecule has 2 aromatic rings. The SMILES string of the molecule is O=C(NCc1ccccc1C[NH+]1CCOCC1)c1cccc(N2CCCC2=O)c1. The molecule has 2 amide bonds. The van der Waals surface area contributed by atoms with Gasteiger partial charge in [-0.25, -0.2) is 0 Å². The second-order valence-corrected chi connectivity index (χ2v) is 7.69. The van der Waals surface area contributed by atoms with Crippen LogP contribution in [0.5, 0.6) is 0 Å². The van der Waals surface area contributed by atoms with Crippen molar-refractivity contribution < 1.29 is 19.2 Å². The molecule has 0 bridgehead atoms. The predicted octanol–water partition coefficient (Wildman–Crippen LogP) is 1.16. The fraction of sp³-hybridized carbons (Fsp3) is 0.391. The molecule has 0 aromatic heterocycles. The zero-order valence-corrected chi connectivity index (χ0v) is 16.7. The highest BCUT2D eigenvalue weighted by atomic mass is 16.5. The summed E-state index contributed by atoms with van der Waals surface area (Å²) < 4.78 is 5.45. The smallest absolute Gasteiger partial charge is 0.251 e. The number of benzene rings is 2. The van der Waals surface area contributed by atoms with Crippen molar-refractivity contribution in [2.24, 2.45) is 0 Å². The Morgan fingerprint density at radius 1 is 1.07 bits per heavy atom. The second-order valence-electron chi connectivity index (χ2n) is 7.69. The summed E-state index contributed by atoms with van der Waals surface area (Å²) in [5.41, 5.74) is 3.79. The van der Waals surface area contributed by atoms with Crippen molar-refractivity contribution in [2.75, 3.05) is 37.7 Å². The summed E-state index contributed by atoms with van der Waals surface area (Å²) in [4.78, 5) is 28.0. The molecule has 0 saturated carbocycles. The Balaban J connectivity index is 1.40. The molecule has 29 heavy (non-hydrogen) atoms. The molecule has 0 atom stereocenters. The Labute approximate surface area is 171 Å². The number of hydrogen-bond donors (Lipinski definition) is 2. The van der Waals surface area contributed by atoms with Gasteiger partial charge in [-0.3, -0.25) is 9.59 Å². The van der Waals surface area contributed by atoms with Crippen molar-refractivity contribution in [3.8, 4) is 0 Å². The zero-order chi connectivity index (χ0) is 20.1. The van der Waals surface area contributed by atoms with E-state index in [1.807, 2.05) is 24.3 Å². The van der Waals surface area contributed by atoms with Gasteiger partial charge in [0.25, 0.3) is 5.91 Å². The Hall–Kier alpha value is -2.70. The number of amides is 2. The van der Waals surface area contributed by atoms with Crippen molar-refractivity contribution in [3.05, 3.63) is 65.2 Å². The molecule has 6 heteroatoms. The van der Waals surface area contributed by atoms with Crippen LogP contribution >= 0.6 is 0 Å². The highest BCUT2D eigenvalue weighted by Gasteiger charge is 2.22. The molecular weight excluding hydrogens is 366 g/mol. The lowest BCUT2D eigenvalue weighted by molar-refractivity contribution is -0.921. The molecule has 6 nitrogen and oxygen atoms in total. The first-order chi connectivity index (χ1) is 14.2. The fourth-order valence-electron chi connectivity index (χ4n) is 4.02. The molecule has 2 fully saturated rings. The maximum atomic E-state index is 12.7. The molecular formula is C23H28N3O3+. The first kappa shape index (κ1) is 19.6. The summed E-state index contributed by atoms with van der Waals surface area (Å²) in [5.74, 6) is 0.00844. The molecule has 2 aliphatic rings. The number of anilines is 1. The van der Waals surface area contributed by atoms with Crippen LogP contribution in [0.2, 0.25) is 0 Å².